The molecule has 0 radical (unpaired) electrons. The minimum Gasteiger partial charge on any atom is -0.384 e. The van der Waals surface area contributed by atoms with Crippen LogP contribution in [-0.2, 0) is 17.7 Å². The third-order valence-corrected chi connectivity index (χ3v) is 3.45. The summed E-state index contributed by atoms with van der Waals surface area (Å²) in [4.78, 5) is 4.75. The largest absolute Gasteiger partial charge is 0.384 e. The smallest absolute Gasteiger partial charge is 0.127 e. The summed E-state index contributed by atoms with van der Waals surface area (Å²) in [6.07, 6.45) is 6.14. The molecule has 100 valence electrons. The lowest BCUT2D eigenvalue weighted by molar-refractivity contribution is 0.0796. The number of allylic oxidation sites excluding steroid dienone is 1. The Morgan fingerprint density at radius 2 is 2.44 bits per heavy atom. The van der Waals surface area contributed by atoms with Gasteiger partial charge >= 0.3 is 0 Å². The molecule has 4 nitrogen and oxygen atoms in total. The lowest BCUT2D eigenvalue weighted by Gasteiger charge is -2.20. The monoisotopic (exact) mass is 249 g/mol. The normalized spacial score (nSPS) is 19.9. The Kier molecular flexibility index (Phi) is 4.42. The molecule has 1 aliphatic rings. The maximum atomic E-state index is 6.25. The van der Waals surface area contributed by atoms with Crippen LogP contribution in [0, 0.1) is 0 Å². The Morgan fingerprint density at radius 3 is 3.06 bits per heavy atom. The van der Waals surface area contributed by atoms with E-state index in [9.17, 15) is 0 Å². The van der Waals surface area contributed by atoms with Crippen LogP contribution < -0.4 is 5.73 Å². The molecule has 2 N–H and O–H groups in total. The number of anilines is 1. The molecule has 0 saturated carbocycles. The lowest BCUT2D eigenvalue weighted by Crippen LogP contribution is -2.17. The number of aromatic nitrogens is 2. The molecule has 18 heavy (non-hydrogen) atoms. The number of imidazole rings is 1. The van der Waals surface area contributed by atoms with Crippen LogP contribution in [0.15, 0.2) is 12.7 Å². The summed E-state index contributed by atoms with van der Waals surface area (Å²) in [5.74, 6) is 2.24. The van der Waals surface area contributed by atoms with Gasteiger partial charge in [0.15, 0.2) is 0 Å². The molecular weight excluding hydrogens is 226 g/mol. The first kappa shape index (κ1) is 13.1. The van der Waals surface area contributed by atoms with Crippen LogP contribution in [0.2, 0.25) is 0 Å². The van der Waals surface area contributed by atoms with Crippen LogP contribution in [0.5, 0.6) is 0 Å². The zero-order valence-corrected chi connectivity index (χ0v) is 11.2. The van der Waals surface area contributed by atoms with Gasteiger partial charge in [-0.05, 0) is 19.3 Å². The maximum absolute atomic E-state index is 6.25. The molecule has 1 fully saturated rings. The number of hydrogen-bond donors (Lipinski definition) is 1. The zero-order valence-electron chi connectivity index (χ0n) is 11.2. The maximum Gasteiger partial charge on any atom is 0.127 e. The van der Waals surface area contributed by atoms with Crippen molar-refractivity contribution in [3.63, 3.8) is 0 Å². The van der Waals surface area contributed by atoms with E-state index in [0.717, 1.165) is 62.8 Å². The van der Waals surface area contributed by atoms with Crippen molar-refractivity contribution in [3.8, 4) is 0 Å². The van der Waals surface area contributed by atoms with Crippen LogP contribution in [0.3, 0.4) is 0 Å². The van der Waals surface area contributed by atoms with Crippen molar-refractivity contribution in [3.05, 3.63) is 24.2 Å². The van der Waals surface area contributed by atoms with E-state index in [1.807, 2.05) is 6.08 Å². The molecule has 0 spiro atoms. The third kappa shape index (κ3) is 2.58. The first-order valence-corrected chi connectivity index (χ1v) is 6.81. The first-order chi connectivity index (χ1) is 8.77. The molecule has 2 rings (SSSR count). The summed E-state index contributed by atoms with van der Waals surface area (Å²) in [5, 5.41) is 0. The molecule has 1 aromatic heterocycles. The van der Waals surface area contributed by atoms with Gasteiger partial charge in [-0.1, -0.05) is 13.0 Å². The van der Waals surface area contributed by atoms with Crippen molar-refractivity contribution >= 4 is 5.82 Å². The second-order valence-electron chi connectivity index (χ2n) is 4.86. The SMILES string of the molecule is C=CCn1c(CCC)nc(C2CCCOC2)c1N. The van der Waals surface area contributed by atoms with Crippen LogP contribution in [0.1, 0.15) is 43.6 Å². The van der Waals surface area contributed by atoms with E-state index < -0.39 is 0 Å². The van der Waals surface area contributed by atoms with E-state index >= 15 is 0 Å². The quantitative estimate of drug-likeness (QED) is 0.816. The molecule has 1 aromatic rings. The van der Waals surface area contributed by atoms with Crippen molar-refractivity contribution in [1.82, 2.24) is 9.55 Å². The van der Waals surface area contributed by atoms with Gasteiger partial charge in [-0.25, -0.2) is 4.98 Å². The van der Waals surface area contributed by atoms with Gasteiger partial charge in [0.1, 0.15) is 11.6 Å². The van der Waals surface area contributed by atoms with Crippen LogP contribution in [-0.4, -0.2) is 22.8 Å². The van der Waals surface area contributed by atoms with E-state index in [2.05, 4.69) is 18.1 Å². The number of ether oxygens (including phenoxy) is 1. The highest BCUT2D eigenvalue weighted by Crippen LogP contribution is 2.30. The average Bonchev–Trinajstić information content (AvgIpc) is 2.70. The second kappa shape index (κ2) is 6.05. The number of hydrogen-bond acceptors (Lipinski definition) is 3. The van der Waals surface area contributed by atoms with Crippen LogP contribution in [0.25, 0.3) is 0 Å². The zero-order chi connectivity index (χ0) is 13.0. The van der Waals surface area contributed by atoms with Crippen molar-refractivity contribution < 1.29 is 4.74 Å². The van der Waals surface area contributed by atoms with Gasteiger partial charge in [-0.3, -0.25) is 0 Å². The van der Waals surface area contributed by atoms with Crippen molar-refractivity contribution in [1.29, 1.82) is 0 Å². The Labute approximate surface area is 109 Å². The van der Waals surface area contributed by atoms with Gasteiger partial charge in [0.25, 0.3) is 0 Å². The highest BCUT2D eigenvalue weighted by molar-refractivity contribution is 5.41. The van der Waals surface area contributed by atoms with Crippen LogP contribution in [0.4, 0.5) is 5.82 Å². The van der Waals surface area contributed by atoms with Crippen molar-refractivity contribution in [2.45, 2.75) is 45.1 Å². The molecule has 0 bridgehead atoms. The second-order valence-corrected chi connectivity index (χ2v) is 4.86. The standard InChI is InChI=1S/C14H23N3O/c1-3-6-12-16-13(11-7-5-9-18-10-11)14(15)17(12)8-4-2/h4,11H,2-3,5-10,15H2,1H3. The number of rotatable bonds is 5. The van der Waals surface area contributed by atoms with E-state index in [0.29, 0.717) is 5.92 Å². The molecular formula is C14H23N3O. The summed E-state index contributed by atoms with van der Waals surface area (Å²) in [5.41, 5.74) is 7.28. The highest BCUT2D eigenvalue weighted by atomic mass is 16.5. The molecule has 2 heterocycles. The molecule has 1 unspecified atom stereocenters. The fourth-order valence-corrected chi connectivity index (χ4v) is 2.54. The minimum atomic E-state index is 0.362. The number of nitrogens with two attached hydrogens (primary N) is 1. The summed E-state index contributed by atoms with van der Waals surface area (Å²) < 4.78 is 7.62. The summed E-state index contributed by atoms with van der Waals surface area (Å²) in [7, 11) is 0. The highest BCUT2D eigenvalue weighted by Gasteiger charge is 2.23. The van der Waals surface area contributed by atoms with Gasteiger partial charge in [0, 0.05) is 25.5 Å². The Morgan fingerprint density at radius 1 is 1.61 bits per heavy atom. The average molecular weight is 249 g/mol. The molecule has 1 saturated heterocycles. The van der Waals surface area contributed by atoms with Gasteiger partial charge in [0.05, 0.1) is 12.3 Å². The van der Waals surface area contributed by atoms with E-state index in [1.165, 1.54) is 0 Å². The topological polar surface area (TPSA) is 53.1 Å². The summed E-state index contributed by atoms with van der Waals surface area (Å²) >= 11 is 0. The fourth-order valence-electron chi connectivity index (χ4n) is 2.54. The molecule has 0 aliphatic carbocycles. The molecule has 0 amide bonds. The van der Waals surface area contributed by atoms with Gasteiger partial charge in [-0.2, -0.15) is 0 Å². The van der Waals surface area contributed by atoms with Gasteiger partial charge in [0.2, 0.25) is 0 Å². The number of nitrogen functional groups attached to an aromatic ring is 1. The van der Waals surface area contributed by atoms with E-state index in [4.69, 9.17) is 15.5 Å². The Bertz CT molecular complexity index is 405. The molecule has 0 aromatic carbocycles. The number of aryl methyl sites for hydroxylation is 1. The molecule has 4 heteroatoms. The van der Waals surface area contributed by atoms with Crippen molar-refractivity contribution in [2.24, 2.45) is 0 Å². The lowest BCUT2D eigenvalue weighted by atomic mass is 9.98. The third-order valence-electron chi connectivity index (χ3n) is 3.45. The van der Waals surface area contributed by atoms with E-state index in [-0.39, 0.29) is 0 Å². The van der Waals surface area contributed by atoms with Gasteiger partial charge < -0.3 is 15.0 Å². The summed E-state index contributed by atoms with van der Waals surface area (Å²) in [6.45, 7) is 8.31. The molecule has 1 atom stereocenters. The first-order valence-electron chi connectivity index (χ1n) is 6.81. The van der Waals surface area contributed by atoms with Gasteiger partial charge in [-0.15, -0.1) is 6.58 Å². The molecule has 1 aliphatic heterocycles. The Balaban J connectivity index is 2.28. The predicted molar refractivity (Wildman–Crippen MR) is 73.6 cm³/mol. The Hall–Kier alpha value is -1.29. The minimum absolute atomic E-state index is 0.362. The number of nitrogens with zero attached hydrogens (tertiary/aromatic N) is 2. The summed E-state index contributed by atoms with van der Waals surface area (Å²) in [6, 6.07) is 0. The predicted octanol–water partition coefficient (Wildman–Crippen LogP) is 2.50. The van der Waals surface area contributed by atoms with Crippen molar-refractivity contribution in [2.75, 3.05) is 18.9 Å². The van der Waals surface area contributed by atoms with Crippen LogP contribution >= 0.6 is 0 Å². The fraction of sp³-hybridized carbons (Fsp3) is 0.643. The van der Waals surface area contributed by atoms with E-state index in [1.54, 1.807) is 0 Å².